The van der Waals surface area contributed by atoms with E-state index in [0.717, 1.165) is 0 Å². The number of hydrogen-bond donors (Lipinski definition) is 1. The first kappa shape index (κ1) is 9.07. The van der Waals surface area contributed by atoms with Crippen LogP contribution in [-0.4, -0.2) is 5.21 Å². The Morgan fingerprint density at radius 3 is 1.75 bits per heavy atom. The van der Waals surface area contributed by atoms with Crippen LogP contribution in [0, 0.1) is 4.91 Å². The zero-order valence-corrected chi connectivity index (χ0v) is 2.86. The van der Waals surface area contributed by atoms with Gasteiger partial charge in [0.25, 0.3) is 0 Å². The van der Waals surface area contributed by atoms with Gasteiger partial charge in [-0.3, -0.25) is 0 Å². The Bertz CT molecular complexity index is 13.5. The SMILES string of the molecule is O=NO.[Mn]. The molecular formula is HMnNO2. The van der Waals surface area contributed by atoms with Crippen LogP contribution >= 0.6 is 0 Å². The summed E-state index contributed by atoms with van der Waals surface area (Å²) in [4.78, 5) is 8.11. The van der Waals surface area contributed by atoms with Crippen LogP contribution in [-0.2, 0) is 17.1 Å². The molecule has 0 rings (SSSR count). The average molecular weight is 102 g/mol. The van der Waals surface area contributed by atoms with E-state index in [2.05, 4.69) is 0 Å². The average Bonchev–Trinajstić information content (AvgIpc) is 0.918. The van der Waals surface area contributed by atoms with Gasteiger partial charge in [0.15, 0.2) is 5.34 Å². The van der Waals surface area contributed by atoms with Crippen LogP contribution in [0.1, 0.15) is 0 Å². The van der Waals surface area contributed by atoms with E-state index in [0.29, 0.717) is 0 Å². The van der Waals surface area contributed by atoms with Gasteiger partial charge in [-0.25, -0.2) is 0 Å². The molecule has 0 atom stereocenters. The standard InChI is InChI=1S/Mn.HNO2/c;2-1-3/h;(H,2,3). The van der Waals surface area contributed by atoms with Gasteiger partial charge < -0.3 is 5.21 Å². The fourth-order valence-corrected chi connectivity index (χ4v) is 0. The summed E-state index contributed by atoms with van der Waals surface area (Å²) in [6, 6.07) is 0. The van der Waals surface area contributed by atoms with Gasteiger partial charge >= 0.3 is 0 Å². The first-order valence-electron chi connectivity index (χ1n) is 0.383. The summed E-state index contributed by atoms with van der Waals surface area (Å²) in [5.74, 6) is 0. The summed E-state index contributed by atoms with van der Waals surface area (Å²) in [6.45, 7) is 0. The first-order valence-corrected chi connectivity index (χ1v) is 0.383. The molecule has 0 aromatic rings. The van der Waals surface area contributed by atoms with E-state index >= 15 is 0 Å². The van der Waals surface area contributed by atoms with E-state index in [1.807, 2.05) is 0 Å². The predicted octanol–water partition coefficient (Wildman–Crippen LogP) is 0.140. The van der Waals surface area contributed by atoms with Gasteiger partial charge in [-0.2, -0.15) is 0 Å². The molecule has 0 amide bonds. The van der Waals surface area contributed by atoms with Gasteiger partial charge in [-0.15, -0.1) is 4.91 Å². The normalized spacial score (nSPS) is 3.00. The topological polar surface area (TPSA) is 49.7 Å². The molecule has 25 valence electrons. The number of nitrogens with zero attached hydrogens (tertiary/aromatic N) is 1. The van der Waals surface area contributed by atoms with Crippen LogP contribution in [0.5, 0.6) is 0 Å². The maximum absolute atomic E-state index is 8.11. The van der Waals surface area contributed by atoms with Crippen LogP contribution in [0.15, 0.2) is 5.34 Å². The molecule has 0 aliphatic heterocycles. The zero-order valence-electron chi connectivity index (χ0n) is 1.68. The molecule has 0 fully saturated rings. The van der Waals surface area contributed by atoms with Crippen molar-refractivity contribution in [2.24, 2.45) is 5.34 Å². The Labute approximate surface area is 33.4 Å². The maximum Gasteiger partial charge on any atom is 0.152 e. The van der Waals surface area contributed by atoms with Gasteiger partial charge in [0, 0.05) is 17.1 Å². The van der Waals surface area contributed by atoms with Crippen LogP contribution < -0.4 is 0 Å². The van der Waals surface area contributed by atoms with Gasteiger partial charge in [0.1, 0.15) is 0 Å². The third-order valence-corrected chi connectivity index (χ3v) is 0. The molecule has 0 aliphatic rings. The van der Waals surface area contributed by atoms with Crippen LogP contribution in [0.4, 0.5) is 0 Å². The zero-order chi connectivity index (χ0) is 2.71. The minimum Gasteiger partial charge on any atom is -0.379 e. The Balaban J connectivity index is 0. The number of rotatable bonds is 0. The molecule has 0 aromatic heterocycles. The Morgan fingerprint density at radius 2 is 1.75 bits per heavy atom. The van der Waals surface area contributed by atoms with E-state index in [1.54, 1.807) is 0 Å². The molecular weight excluding hydrogens is 101 g/mol. The first-order chi connectivity index (χ1) is 1.41. The molecule has 0 aromatic carbocycles. The van der Waals surface area contributed by atoms with Gasteiger partial charge in [-0.1, -0.05) is 0 Å². The molecule has 0 saturated heterocycles. The Hall–Kier alpha value is -0.0805. The van der Waals surface area contributed by atoms with Crippen LogP contribution in [0.25, 0.3) is 0 Å². The summed E-state index contributed by atoms with van der Waals surface area (Å²) < 4.78 is 0. The van der Waals surface area contributed by atoms with Crippen molar-refractivity contribution in [3.63, 3.8) is 0 Å². The largest absolute Gasteiger partial charge is 0.379 e. The minimum atomic E-state index is 0. The Kier molecular flexibility index (Phi) is 28.8. The van der Waals surface area contributed by atoms with E-state index in [9.17, 15) is 0 Å². The van der Waals surface area contributed by atoms with Crippen LogP contribution in [0.2, 0.25) is 0 Å². The molecule has 0 bridgehead atoms. The molecule has 4 heavy (non-hydrogen) atoms. The third-order valence-electron chi connectivity index (χ3n) is 0. The fraction of sp³-hybridized carbons (Fsp3) is 0. The molecule has 4 heteroatoms. The summed E-state index contributed by atoms with van der Waals surface area (Å²) in [5, 5.41) is 7.89. The fourth-order valence-electron chi connectivity index (χ4n) is 0. The maximum atomic E-state index is 8.11. The summed E-state index contributed by atoms with van der Waals surface area (Å²) in [7, 11) is 0. The second-order valence-electron chi connectivity index (χ2n) is 0.0816. The second kappa shape index (κ2) is 12.7. The summed E-state index contributed by atoms with van der Waals surface area (Å²) in [5.41, 5.74) is 0. The van der Waals surface area contributed by atoms with Crippen molar-refractivity contribution in [3.05, 3.63) is 4.91 Å². The van der Waals surface area contributed by atoms with Crippen molar-refractivity contribution in [3.8, 4) is 0 Å². The van der Waals surface area contributed by atoms with Crippen molar-refractivity contribution in [2.75, 3.05) is 0 Å². The van der Waals surface area contributed by atoms with Crippen LogP contribution in [0.3, 0.4) is 0 Å². The summed E-state index contributed by atoms with van der Waals surface area (Å²) >= 11 is 0. The smallest absolute Gasteiger partial charge is 0.152 e. The van der Waals surface area contributed by atoms with Gasteiger partial charge in [-0.05, 0) is 0 Å². The minimum absolute atomic E-state index is 0. The summed E-state index contributed by atoms with van der Waals surface area (Å²) in [6.07, 6.45) is 0. The quantitative estimate of drug-likeness (QED) is 0.268. The van der Waals surface area contributed by atoms with Crippen molar-refractivity contribution in [2.45, 2.75) is 0 Å². The van der Waals surface area contributed by atoms with Gasteiger partial charge in [0.05, 0.1) is 0 Å². The molecule has 0 heterocycles. The van der Waals surface area contributed by atoms with Crippen molar-refractivity contribution in [1.82, 2.24) is 0 Å². The molecule has 1 N–H and O–H groups in total. The third kappa shape index (κ3) is 250. The van der Waals surface area contributed by atoms with Crippen molar-refractivity contribution < 1.29 is 22.3 Å². The molecule has 1 radical (unpaired) electrons. The molecule has 0 spiro atoms. The predicted molar refractivity (Wildman–Crippen MR) is 7.58 cm³/mol. The molecule has 3 nitrogen and oxygen atoms in total. The molecule has 0 unspecified atom stereocenters. The van der Waals surface area contributed by atoms with Gasteiger partial charge in [0.2, 0.25) is 0 Å². The van der Waals surface area contributed by atoms with Crippen molar-refractivity contribution in [1.29, 1.82) is 0 Å². The monoisotopic (exact) mass is 102 g/mol. The van der Waals surface area contributed by atoms with E-state index in [4.69, 9.17) is 10.1 Å². The van der Waals surface area contributed by atoms with E-state index in [-0.39, 0.29) is 17.1 Å². The molecule has 0 aliphatic carbocycles. The Morgan fingerprint density at radius 1 is 1.75 bits per heavy atom. The second-order valence-corrected chi connectivity index (χ2v) is 0.0816. The van der Waals surface area contributed by atoms with E-state index < -0.39 is 0 Å². The number of hydrogen-bond acceptors (Lipinski definition) is 2. The molecule has 0 saturated carbocycles. The van der Waals surface area contributed by atoms with E-state index in [1.165, 1.54) is 5.34 Å². The van der Waals surface area contributed by atoms with Crippen molar-refractivity contribution >= 4 is 0 Å².